The van der Waals surface area contributed by atoms with E-state index in [0.717, 1.165) is 0 Å². The maximum absolute atomic E-state index is 13.2. The van der Waals surface area contributed by atoms with Gasteiger partial charge in [0, 0.05) is 5.56 Å². The summed E-state index contributed by atoms with van der Waals surface area (Å²) in [5, 5.41) is 0. The monoisotopic (exact) mass is 311 g/mol. The molecule has 2 N–H and O–H groups in total. The fourth-order valence-corrected chi connectivity index (χ4v) is 1.88. The van der Waals surface area contributed by atoms with Crippen LogP contribution in [0.3, 0.4) is 0 Å². The van der Waals surface area contributed by atoms with Crippen LogP contribution in [0, 0.1) is 0 Å². The van der Waals surface area contributed by atoms with E-state index in [0.29, 0.717) is 5.56 Å². The molecule has 0 aliphatic carbocycles. The van der Waals surface area contributed by atoms with Gasteiger partial charge >= 0.3 is 12.1 Å². The van der Waals surface area contributed by atoms with Crippen LogP contribution in [-0.4, -0.2) is 22.5 Å². The molecule has 116 valence electrons. The summed E-state index contributed by atoms with van der Waals surface area (Å²) in [5.41, 5.74) is 3.32. The molecular weight excluding hydrogens is 299 g/mol. The van der Waals surface area contributed by atoms with Gasteiger partial charge in [0.15, 0.2) is 5.69 Å². The minimum Gasteiger partial charge on any atom is -0.462 e. The minimum atomic E-state index is -4.86. The van der Waals surface area contributed by atoms with Crippen LogP contribution in [0.2, 0.25) is 0 Å². The zero-order valence-electron chi connectivity index (χ0n) is 11.5. The van der Waals surface area contributed by atoms with Crippen LogP contribution in [0.15, 0.2) is 30.3 Å². The van der Waals surface area contributed by atoms with E-state index < -0.39 is 29.4 Å². The Hall–Kier alpha value is -2.64. The van der Waals surface area contributed by atoms with Crippen molar-refractivity contribution in [3.05, 3.63) is 41.6 Å². The van der Waals surface area contributed by atoms with E-state index in [2.05, 4.69) is 9.97 Å². The second-order valence-corrected chi connectivity index (χ2v) is 4.24. The Kier molecular flexibility index (Phi) is 4.30. The predicted molar refractivity (Wildman–Crippen MR) is 72.8 cm³/mol. The zero-order chi connectivity index (χ0) is 16.3. The largest absolute Gasteiger partial charge is 0.462 e. The van der Waals surface area contributed by atoms with Crippen molar-refractivity contribution >= 4 is 11.9 Å². The topological polar surface area (TPSA) is 78.1 Å². The molecule has 1 aromatic heterocycles. The van der Waals surface area contributed by atoms with Crippen LogP contribution in [0.4, 0.5) is 19.1 Å². The van der Waals surface area contributed by atoms with Gasteiger partial charge in [0.05, 0.1) is 12.3 Å². The Morgan fingerprint density at radius 1 is 1.23 bits per heavy atom. The van der Waals surface area contributed by atoms with Gasteiger partial charge in [-0.25, -0.2) is 14.8 Å². The lowest BCUT2D eigenvalue weighted by Gasteiger charge is -2.15. The molecule has 0 aliphatic heterocycles. The van der Waals surface area contributed by atoms with Crippen molar-refractivity contribution in [1.82, 2.24) is 9.97 Å². The first-order valence-corrected chi connectivity index (χ1v) is 6.31. The number of benzene rings is 1. The highest BCUT2D eigenvalue weighted by Gasteiger charge is 2.40. The normalized spacial score (nSPS) is 11.3. The lowest BCUT2D eigenvalue weighted by molar-refractivity contribution is -0.141. The third-order valence-electron chi connectivity index (χ3n) is 2.72. The number of halogens is 3. The summed E-state index contributed by atoms with van der Waals surface area (Å²) in [5.74, 6) is -1.71. The van der Waals surface area contributed by atoms with Crippen LogP contribution in [0.25, 0.3) is 11.3 Å². The van der Waals surface area contributed by atoms with Gasteiger partial charge in [-0.1, -0.05) is 30.3 Å². The molecule has 0 saturated heterocycles. The van der Waals surface area contributed by atoms with E-state index in [-0.39, 0.29) is 12.3 Å². The van der Waals surface area contributed by atoms with Crippen molar-refractivity contribution in [1.29, 1.82) is 0 Å². The number of hydrogen-bond acceptors (Lipinski definition) is 5. The number of esters is 1. The number of aromatic nitrogens is 2. The molecule has 8 heteroatoms. The number of ether oxygens (including phenoxy) is 1. The number of carbonyl (C=O) groups excluding carboxylic acids is 1. The number of anilines is 1. The first-order chi connectivity index (χ1) is 10.3. The van der Waals surface area contributed by atoms with Crippen LogP contribution < -0.4 is 5.73 Å². The molecule has 0 aliphatic rings. The minimum absolute atomic E-state index is 0.0747. The summed E-state index contributed by atoms with van der Waals surface area (Å²) in [6, 6.07) is 7.93. The third kappa shape index (κ3) is 3.16. The predicted octanol–water partition coefficient (Wildman–Crippen LogP) is 2.92. The number of nitrogen functional groups attached to an aromatic ring is 1. The van der Waals surface area contributed by atoms with E-state index in [1.807, 2.05) is 0 Å². The molecule has 0 radical (unpaired) electrons. The molecule has 0 saturated carbocycles. The summed E-state index contributed by atoms with van der Waals surface area (Å²) in [4.78, 5) is 18.9. The van der Waals surface area contributed by atoms with Gasteiger partial charge in [0.25, 0.3) is 0 Å². The fourth-order valence-electron chi connectivity index (χ4n) is 1.88. The number of nitrogens with zero attached hydrogens (tertiary/aromatic N) is 2. The number of alkyl halides is 3. The molecule has 1 heterocycles. The highest BCUT2D eigenvalue weighted by molar-refractivity contribution is 5.97. The molecule has 0 atom stereocenters. The van der Waals surface area contributed by atoms with Crippen LogP contribution in [0.5, 0.6) is 0 Å². The summed E-state index contributed by atoms with van der Waals surface area (Å²) in [7, 11) is 0. The number of hydrogen-bond donors (Lipinski definition) is 1. The summed E-state index contributed by atoms with van der Waals surface area (Å²) in [6.45, 7) is 1.42. The van der Waals surface area contributed by atoms with E-state index in [1.54, 1.807) is 18.2 Å². The SMILES string of the molecule is CCOC(=O)c1c(-c2ccccc2)nc(N)nc1C(F)(F)F. The van der Waals surface area contributed by atoms with Crippen molar-refractivity contribution in [2.45, 2.75) is 13.1 Å². The number of rotatable bonds is 3. The van der Waals surface area contributed by atoms with Crippen molar-refractivity contribution in [2.24, 2.45) is 0 Å². The molecule has 0 unspecified atom stereocenters. The summed E-state index contributed by atoms with van der Waals surface area (Å²) < 4.78 is 44.2. The van der Waals surface area contributed by atoms with Gasteiger partial charge < -0.3 is 10.5 Å². The van der Waals surface area contributed by atoms with Crippen molar-refractivity contribution in [3.8, 4) is 11.3 Å². The molecule has 2 aromatic rings. The van der Waals surface area contributed by atoms with Gasteiger partial charge in [-0.15, -0.1) is 0 Å². The molecule has 5 nitrogen and oxygen atoms in total. The van der Waals surface area contributed by atoms with E-state index in [1.165, 1.54) is 19.1 Å². The van der Waals surface area contributed by atoms with E-state index >= 15 is 0 Å². The molecule has 22 heavy (non-hydrogen) atoms. The lowest BCUT2D eigenvalue weighted by Crippen LogP contribution is -2.20. The third-order valence-corrected chi connectivity index (χ3v) is 2.72. The van der Waals surface area contributed by atoms with E-state index in [9.17, 15) is 18.0 Å². The van der Waals surface area contributed by atoms with Gasteiger partial charge in [0.1, 0.15) is 5.56 Å². The first-order valence-electron chi connectivity index (χ1n) is 6.31. The number of carbonyl (C=O) groups is 1. The van der Waals surface area contributed by atoms with E-state index in [4.69, 9.17) is 10.5 Å². The Morgan fingerprint density at radius 3 is 2.41 bits per heavy atom. The zero-order valence-corrected chi connectivity index (χ0v) is 11.5. The standard InChI is InChI=1S/C14H12F3N3O2/c1-2-22-12(21)9-10(8-6-4-3-5-7-8)19-13(18)20-11(9)14(15,16)17/h3-7H,2H2,1H3,(H2,18,19,20). The average Bonchev–Trinajstić information content (AvgIpc) is 2.46. The van der Waals surface area contributed by atoms with Crippen LogP contribution >= 0.6 is 0 Å². The number of nitrogens with two attached hydrogens (primary N) is 1. The van der Waals surface area contributed by atoms with Crippen LogP contribution in [-0.2, 0) is 10.9 Å². The molecule has 0 spiro atoms. The first kappa shape index (κ1) is 15.7. The highest BCUT2D eigenvalue weighted by atomic mass is 19.4. The maximum Gasteiger partial charge on any atom is 0.434 e. The molecule has 0 fully saturated rings. The molecule has 2 rings (SSSR count). The van der Waals surface area contributed by atoms with Crippen molar-refractivity contribution in [2.75, 3.05) is 12.3 Å². The Labute approximate surface area is 123 Å². The summed E-state index contributed by atoms with van der Waals surface area (Å²) in [6.07, 6.45) is -4.86. The highest BCUT2D eigenvalue weighted by Crippen LogP contribution is 2.35. The molecule has 0 bridgehead atoms. The summed E-state index contributed by atoms with van der Waals surface area (Å²) >= 11 is 0. The lowest BCUT2D eigenvalue weighted by atomic mass is 10.0. The molecular formula is C14H12F3N3O2. The van der Waals surface area contributed by atoms with Crippen molar-refractivity contribution in [3.63, 3.8) is 0 Å². The van der Waals surface area contributed by atoms with Gasteiger partial charge in [-0.2, -0.15) is 13.2 Å². The Bertz CT molecular complexity index is 688. The second-order valence-electron chi connectivity index (χ2n) is 4.24. The van der Waals surface area contributed by atoms with Gasteiger partial charge in [-0.3, -0.25) is 0 Å². The Balaban J connectivity index is 2.76. The van der Waals surface area contributed by atoms with Crippen molar-refractivity contribution < 1.29 is 22.7 Å². The van der Waals surface area contributed by atoms with Crippen LogP contribution in [0.1, 0.15) is 23.0 Å². The quantitative estimate of drug-likeness (QED) is 0.882. The Morgan fingerprint density at radius 2 is 1.86 bits per heavy atom. The fraction of sp³-hybridized carbons (Fsp3) is 0.214. The average molecular weight is 311 g/mol. The van der Waals surface area contributed by atoms with Gasteiger partial charge in [0.2, 0.25) is 5.95 Å². The second kappa shape index (κ2) is 6.00. The maximum atomic E-state index is 13.2. The smallest absolute Gasteiger partial charge is 0.434 e. The van der Waals surface area contributed by atoms with Gasteiger partial charge in [-0.05, 0) is 6.92 Å². The molecule has 1 aromatic carbocycles. The molecule has 0 amide bonds.